The Balaban J connectivity index is 2.07. The van der Waals surface area contributed by atoms with Crippen molar-refractivity contribution in [1.82, 2.24) is 20.1 Å². The Kier molecular flexibility index (Phi) is 3.19. The molecule has 0 saturated heterocycles. The molecule has 6 nitrogen and oxygen atoms in total. The second-order valence-electron chi connectivity index (χ2n) is 4.24. The zero-order chi connectivity index (χ0) is 11.5. The summed E-state index contributed by atoms with van der Waals surface area (Å²) in [6.45, 7) is 0.638. The first-order chi connectivity index (χ1) is 7.74. The Morgan fingerprint density at radius 3 is 3.12 bits per heavy atom. The Bertz CT molecular complexity index is 350. The van der Waals surface area contributed by atoms with E-state index in [1.165, 1.54) is 6.33 Å². The van der Waals surface area contributed by atoms with Crippen LogP contribution in [0.5, 0.6) is 0 Å². The number of hydrogen-bond acceptors (Lipinski definition) is 4. The predicted molar refractivity (Wildman–Crippen MR) is 58.7 cm³/mol. The quantitative estimate of drug-likeness (QED) is 0.755. The van der Waals surface area contributed by atoms with Crippen molar-refractivity contribution in [2.24, 2.45) is 11.7 Å². The maximum absolute atomic E-state index is 12.0. The Morgan fingerprint density at radius 2 is 2.50 bits per heavy atom. The van der Waals surface area contributed by atoms with Crippen molar-refractivity contribution in [2.75, 3.05) is 13.6 Å². The van der Waals surface area contributed by atoms with Gasteiger partial charge in [-0.2, -0.15) is 5.10 Å². The van der Waals surface area contributed by atoms with E-state index < -0.39 is 0 Å². The summed E-state index contributed by atoms with van der Waals surface area (Å²) in [6.07, 6.45) is 4.62. The summed E-state index contributed by atoms with van der Waals surface area (Å²) >= 11 is 0. The molecule has 16 heavy (non-hydrogen) atoms. The summed E-state index contributed by atoms with van der Waals surface area (Å²) in [4.78, 5) is 17.6. The molecule has 1 fully saturated rings. The molecule has 1 heterocycles. The van der Waals surface area contributed by atoms with Crippen molar-refractivity contribution < 1.29 is 4.79 Å². The second kappa shape index (κ2) is 4.61. The van der Waals surface area contributed by atoms with E-state index in [1.807, 2.05) is 7.05 Å². The molecule has 0 aliphatic heterocycles. The molecule has 1 aliphatic rings. The molecule has 0 bridgehead atoms. The SMILES string of the molecule is CN(C(=O)c1ncn[nH]1)C1CCCC1CN. The van der Waals surface area contributed by atoms with E-state index in [1.54, 1.807) is 4.90 Å². The lowest BCUT2D eigenvalue weighted by Crippen LogP contribution is -2.41. The van der Waals surface area contributed by atoms with Crippen LogP contribution in [0.25, 0.3) is 0 Å². The fraction of sp³-hybridized carbons (Fsp3) is 0.700. The smallest absolute Gasteiger partial charge is 0.291 e. The van der Waals surface area contributed by atoms with E-state index in [0.717, 1.165) is 19.3 Å². The van der Waals surface area contributed by atoms with Crippen molar-refractivity contribution in [1.29, 1.82) is 0 Å². The van der Waals surface area contributed by atoms with Crippen LogP contribution in [0.1, 0.15) is 29.9 Å². The van der Waals surface area contributed by atoms with Gasteiger partial charge in [-0.15, -0.1) is 0 Å². The van der Waals surface area contributed by atoms with Crippen LogP contribution in [0.2, 0.25) is 0 Å². The van der Waals surface area contributed by atoms with Gasteiger partial charge in [0.2, 0.25) is 5.82 Å². The summed E-state index contributed by atoms with van der Waals surface area (Å²) in [5, 5.41) is 6.27. The first kappa shape index (κ1) is 11.1. The molecule has 88 valence electrons. The number of nitrogens with zero attached hydrogens (tertiary/aromatic N) is 3. The molecular weight excluding hydrogens is 206 g/mol. The van der Waals surface area contributed by atoms with Crippen molar-refractivity contribution in [2.45, 2.75) is 25.3 Å². The summed E-state index contributed by atoms with van der Waals surface area (Å²) in [5.74, 6) is 0.602. The van der Waals surface area contributed by atoms with Crippen molar-refractivity contribution in [3.05, 3.63) is 12.2 Å². The van der Waals surface area contributed by atoms with Crippen LogP contribution in [0.4, 0.5) is 0 Å². The van der Waals surface area contributed by atoms with Gasteiger partial charge < -0.3 is 10.6 Å². The molecule has 1 amide bonds. The average Bonchev–Trinajstić information content (AvgIpc) is 2.97. The highest BCUT2D eigenvalue weighted by atomic mass is 16.2. The van der Waals surface area contributed by atoms with E-state index in [9.17, 15) is 4.79 Å². The second-order valence-corrected chi connectivity index (χ2v) is 4.24. The summed E-state index contributed by atoms with van der Waals surface area (Å²) in [7, 11) is 1.81. The lowest BCUT2D eigenvalue weighted by atomic mass is 10.0. The van der Waals surface area contributed by atoms with Gasteiger partial charge in [0.15, 0.2) is 0 Å². The zero-order valence-corrected chi connectivity index (χ0v) is 9.39. The molecule has 0 radical (unpaired) electrons. The fourth-order valence-electron chi connectivity index (χ4n) is 2.43. The Hall–Kier alpha value is -1.43. The molecule has 0 aromatic carbocycles. The molecule has 1 saturated carbocycles. The lowest BCUT2D eigenvalue weighted by molar-refractivity contribution is 0.0688. The number of amides is 1. The van der Waals surface area contributed by atoms with Crippen LogP contribution in [0, 0.1) is 5.92 Å². The van der Waals surface area contributed by atoms with Gasteiger partial charge in [-0.1, -0.05) is 6.42 Å². The largest absolute Gasteiger partial charge is 0.336 e. The first-order valence-electron chi connectivity index (χ1n) is 5.56. The number of H-pyrrole nitrogens is 1. The number of nitrogens with one attached hydrogen (secondary N) is 1. The van der Waals surface area contributed by atoms with Crippen molar-refractivity contribution >= 4 is 5.91 Å². The van der Waals surface area contributed by atoms with Gasteiger partial charge >= 0.3 is 0 Å². The molecule has 0 spiro atoms. The molecule has 3 N–H and O–H groups in total. The van der Waals surface area contributed by atoms with Crippen LogP contribution in [-0.4, -0.2) is 45.6 Å². The van der Waals surface area contributed by atoms with Gasteiger partial charge in [-0.25, -0.2) is 4.98 Å². The van der Waals surface area contributed by atoms with Crippen LogP contribution in [0.15, 0.2) is 6.33 Å². The Morgan fingerprint density at radius 1 is 1.69 bits per heavy atom. The van der Waals surface area contributed by atoms with E-state index in [4.69, 9.17) is 5.73 Å². The average molecular weight is 223 g/mol. The number of hydrogen-bond donors (Lipinski definition) is 2. The molecule has 2 atom stereocenters. The zero-order valence-electron chi connectivity index (χ0n) is 9.39. The number of aromatic nitrogens is 3. The lowest BCUT2D eigenvalue weighted by Gasteiger charge is -2.28. The van der Waals surface area contributed by atoms with Gasteiger partial charge in [0, 0.05) is 13.1 Å². The molecule has 6 heteroatoms. The third kappa shape index (κ3) is 1.92. The van der Waals surface area contributed by atoms with Gasteiger partial charge in [0.25, 0.3) is 5.91 Å². The normalized spacial score (nSPS) is 24.6. The van der Waals surface area contributed by atoms with E-state index in [0.29, 0.717) is 18.3 Å². The van der Waals surface area contributed by atoms with E-state index in [2.05, 4.69) is 15.2 Å². The number of aromatic amines is 1. The number of carbonyl (C=O) groups excluding carboxylic acids is 1. The molecular formula is C10H17N5O. The minimum Gasteiger partial charge on any atom is -0.336 e. The maximum atomic E-state index is 12.0. The van der Waals surface area contributed by atoms with Crippen molar-refractivity contribution in [3.8, 4) is 0 Å². The summed E-state index contributed by atoms with van der Waals surface area (Å²) < 4.78 is 0. The molecule has 1 aliphatic carbocycles. The predicted octanol–water partition coefficient (Wildman–Crippen LogP) is 0.00410. The highest BCUT2D eigenvalue weighted by molar-refractivity contribution is 5.90. The van der Waals surface area contributed by atoms with Gasteiger partial charge in [-0.3, -0.25) is 9.89 Å². The first-order valence-corrected chi connectivity index (χ1v) is 5.56. The van der Waals surface area contributed by atoms with E-state index >= 15 is 0 Å². The number of carbonyl (C=O) groups is 1. The van der Waals surface area contributed by atoms with Crippen molar-refractivity contribution in [3.63, 3.8) is 0 Å². The van der Waals surface area contributed by atoms with Gasteiger partial charge in [0.1, 0.15) is 6.33 Å². The molecule has 1 aromatic rings. The monoisotopic (exact) mass is 223 g/mol. The Labute approximate surface area is 94.2 Å². The summed E-state index contributed by atoms with van der Waals surface area (Å²) in [6, 6.07) is 0.239. The highest BCUT2D eigenvalue weighted by Gasteiger charge is 2.32. The third-order valence-electron chi connectivity index (χ3n) is 3.36. The number of nitrogens with two attached hydrogens (primary N) is 1. The van der Waals surface area contributed by atoms with Crippen LogP contribution < -0.4 is 5.73 Å². The topological polar surface area (TPSA) is 87.9 Å². The summed E-state index contributed by atoms with van der Waals surface area (Å²) in [5.41, 5.74) is 5.71. The molecule has 2 unspecified atom stereocenters. The van der Waals surface area contributed by atoms with Gasteiger partial charge in [0.05, 0.1) is 0 Å². The van der Waals surface area contributed by atoms with Crippen LogP contribution in [0.3, 0.4) is 0 Å². The minimum atomic E-state index is -0.108. The molecule has 2 rings (SSSR count). The van der Waals surface area contributed by atoms with Crippen LogP contribution >= 0.6 is 0 Å². The highest BCUT2D eigenvalue weighted by Crippen LogP contribution is 2.28. The fourth-order valence-corrected chi connectivity index (χ4v) is 2.43. The third-order valence-corrected chi connectivity index (χ3v) is 3.36. The van der Waals surface area contributed by atoms with E-state index in [-0.39, 0.29) is 11.9 Å². The molecule has 1 aromatic heterocycles. The number of rotatable bonds is 3. The van der Waals surface area contributed by atoms with Gasteiger partial charge in [-0.05, 0) is 25.3 Å². The van der Waals surface area contributed by atoms with Crippen LogP contribution in [-0.2, 0) is 0 Å². The maximum Gasteiger partial charge on any atom is 0.291 e. The minimum absolute atomic E-state index is 0.108. The standard InChI is InChI=1S/C10H17N5O/c1-15(8-4-2-3-7(8)5-11)10(16)9-12-6-13-14-9/h6-8H,2-5,11H2,1H3,(H,12,13,14).